The number of hydrogen-bond acceptors (Lipinski definition) is 5. The quantitative estimate of drug-likeness (QED) is 0.739. The van der Waals surface area contributed by atoms with Crippen LogP contribution in [-0.2, 0) is 30.7 Å². The molecule has 0 aliphatic carbocycles. The first-order valence-corrected chi connectivity index (χ1v) is 10.3. The van der Waals surface area contributed by atoms with Crippen LogP contribution >= 0.6 is 0 Å². The Kier molecular flexibility index (Phi) is 5.52. The van der Waals surface area contributed by atoms with Gasteiger partial charge in [0.2, 0.25) is 10.0 Å². The number of hydrogen-bond donors (Lipinski definition) is 1. The zero-order valence-electron chi connectivity index (χ0n) is 15.7. The van der Waals surface area contributed by atoms with E-state index in [4.69, 9.17) is 0 Å². The molecule has 0 radical (unpaired) electrons. The second-order valence-corrected chi connectivity index (χ2v) is 8.51. The van der Waals surface area contributed by atoms with Crippen LogP contribution in [0.4, 0.5) is 0 Å². The monoisotopic (exact) mass is 406 g/mol. The van der Waals surface area contributed by atoms with Crippen LogP contribution in [0.3, 0.4) is 0 Å². The fourth-order valence-electron chi connectivity index (χ4n) is 3.08. The molecule has 1 N–H and O–H groups in total. The molecule has 1 saturated heterocycles. The largest absolute Gasteiger partial charge is 0.339 e. The maximum atomic E-state index is 12.5. The average Bonchev–Trinajstić information content (AvgIpc) is 3.22. The van der Waals surface area contributed by atoms with E-state index in [1.54, 1.807) is 29.2 Å². The number of likely N-dealkylation sites (tertiary alicyclic amines) is 1. The molecule has 2 aromatic rings. The van der Waals surface area contributed by atoms with Crippen LogP contribution in [0.15, 0.2) is 44.9 Å². The van der Waals surface area contributed by atoms with Crippen molar-refractivity contribution in [1.29, 1.82) is 0 Å². The average molecular weight is 406 g/mol. The van der Waals surface area contributed by atoms with E-state index in [0.717, 1.165) is 41.3 Å². The summed E-state index contributed by atoms with van der Waals surface area (Å²) in [6, 6.07) is 6.67. The molecule has 2 heterocycles. The third-order valence-electron chi connectivity index (χ3n) is 4.76. The van der Waals surface area contributed by atoms with Gasteiger partial charge in [0.1, 0.15) is 0 Å². The first-order valence-electron chi connectivity index (χ1n) is 8.85. The summed E-state index contributed by atoms with van der Waals surface area (Å²) in [5.74, 6) is -0.0293. The van der Waals surface area contributed by atoms with E-state index in [-0.39, 0.29) is 12.5 Å². The highest BCUT2D eigenvalue weighted by Gasteiger charge is 2.22. The van der Waals surface area contributed by atoms with Gasteiger partial charge in [-0.05, 0) is 30.5 Å². The Labute approximate surface area is 162 Å². The van der Waals surface area contributed by atoms with Gasteiger partial charge < -0.3 is 9.47 Å². The lowest BCUT2D eigenvalue weighted by Crippen LogP contribution is -2.41. The van der Waals surface area contributed by atoms with Gasteiger partial charge in [0.25, 0.3) is 11.5 Å². The predicted octanol–water partition coefficient (Wildman–Crippen LogP) is -0.202. The van der Waals surface area contributed by atoms with Crippen molar-refractivity contribution in [2.75, 3.05) is 13.1 Å². The Morgan fingerprint density at radius 1 is 1.07 bits per heavy atom. The molecule has 1 fully saturated rings. The van der Waals surface area contributed by atoms with E-state index in [9.17, 15) is 22.8 Å². The summed E-state index contributed by atoms with van der Waals surface area (Å²) in [5.41, 5.74) is -0.298. The van der Waals surface area contributed by atoms with Crippen molar-refractivity contribution < 1.29 is 13.2 Å². The lowest BCUT2D eigenvalue weighted by Gasteiger charge is -2.15. The standard InChI is InChI=1S/C18H22N4O5S/c1-20-12-15(17(24)21(2)18(20)25)28(26,27)19-11-13-5-7-14(8-6-13)16(23)22-9-3-4-10-22/h5-8,12,19H,3-4,9-11H2,1-2H3. The molecule has 0 unspecified atom stereocenters. The zero-order valence-corrected chi connectivity index (χ0v) is 16.5. The minimum absolute atomic E-state index is 0.0293. The number of nitrogens with zero attached hydrogens (tertiary/aromatic N) is 3. The minimum atomic E-state index is -4.11. The molecular weight excluding hydrogens is 384 g/mol. The van der Waals surface area contributed by atoms with Gasteiger partial charge in [0.15, 0.2) is 4.90 Å². The lowest BCUT2D eigenvalue weighted by molar-refractivity contribution is 0.0793. The van der Waals surface area contributed by atoms with Crippen LogP contribution < -0.4 is 16.0 Å². The molecule has 1 aromatic carbocycles. The van der Waals surface area contributed by atoms with Crippen LogP contribution in [0.2, 0.25) is 0 Å². The predicted molar refractivity (Wildman–Crippen MR) is 103 cm³/mol. The third kappa shape index (κ3) is 3.92. The van der Waals surface area contributed by atoms with Gasteiger partial charge in [-0.15, -0.1) is 0 Å². The first-order chi connectivity index (χ1) is 13.2. The molecule has 1 amide bonds. The van der Waals surface area contributed by atoms with Gasteiger partial charge in [-0.2, -0.15) is 0 Å². The lowest BCUT2D eigenvalue weighted by atomic mass is 10.1. The summed E-state index contributed by atoms with van der Waals surface area (Å²) in [7, 11) is -1.51. The maximum Gasteiger partial charge on any atom is 0.330 e. The fourth-order valence-corrected chi connectivity index (χ4v) is 4.26. The topological polar surface area (TPSA) is 110 Å². The summed E-state index contributed by atoms with van der Waals surface area (Å²) >= 11 is 0. The molecule has 1 aliphatic rings. The summed E-state index contributed by atoms with van der Waals surface area (Å²) in [5, 5.41) is 0. The SMILES string of the molecule is Cn1cc(S(=O)(=O)NCc2ccc(C(=O)N3CCCC3)cc2)c(=O)n(C)c1=O. The molecule has 150 valence electrons. The Bertz CT molecular complexity index is 1110. The maximum absolute atomic E-state index is 12.5. The number of carbonyl (C=O) groups excluding carboxylic acids is 1. The van der Waals surface area contributed by atoms with Crippen LogP contribution in [-0.4, -0.2) is 41.4 Å². The van der Waals surface area contributed by atoms with Gasteiger partial charge in [-0.25, -0.2) is 17.9 Å². The molecule has 1 aliphatic heterocycles. The second kappa shape index (κ2) is 7.72. The fraction of sp³-hybridized carbons (Fsp3) is 0.389. The van der Waals surface area contributed by atoms with E-state index in [0.29, 0.717) is 11.1 Å². The van der Waals surface area contributed by atoms with Crippen molar-refractivity contribution in [1.82, 2.24) is 18.8 Å². The van der Waals surface area contributed by atoms with Crippen molar-refractivity contribution >= 4 is 15.9 Å². The molecular formula is C18H22N4O5S. The number of aryl methyl sites for hydroxylation is 1. The highest BCUT2D eigenvalue weighted by molar-refractivity contribution is 7.89. The smallest absolute Gasteiger partial charge is 0.330 e. The number of amides is 1. The van der Waals surface area contributed by atoms with Crippen molar-refractivity contribution in [3.63, 3.8) is 0 Å². The molecule has 28 heavy (non-hydrogen) atoms. The summed E-state index contributed by atoms with van der Waals surface area (Å²) < 4.78 is 29.1. The number of rotatable bonds is 5. The normalized spacial score (nSPS) is 14.4. The van der Waals surface area contributed by atoms with Gasteiger partial charge >= 0.3 is 5.69 Å². The molecule has 9 nitrogen and oxygen atoms in total. The van der Waals surface area contributed by atoms with Crippen LogP contribution in [0.1, 0.15) is 28.8 Å². The van der Waals surface area contributed by atoms with Crippen molar-refractivity contribution in [2.24, 2.45) is 14.1 Å². The van der Waals surface area contributed by atoms with Gasteiger partial charge in [0, 0.05) is 45.5 Å². The summed E-state index contributed by atoms with van der Waals surface area (Å²) in [6.07, 6.45) is 3.02. The Balaban J connectivity index is 1.74. The van der Waals surface area contributed by atoms with Crippen LogP contribution in [0, 0.1) is 0 Å². The van der Waals surface area contributed by atoms with Gasteiger partial charge in [-0.1, -0.05) is 12.1 Å². The van der Waals surface area contributed by atoms with E-state index in [1.165, 1.54) is 14.1 Å². The summed E-state index contributed by atoms with van der Waals surface area (Å²) in [4.78, 5) is 37.5. The van der Waals surface area contributed by atoms with E-state index < -0.39 is 26.2 Å². The third-order valence-corrected chi connectivity index (χ3v) is 6.15. The highest BCUT2D eigenvalue weighted by atomic mass is 32.2. The van der Waals surface area contributed by atoms with E-state index >= 15 is 0 Å². The molecule has 0 bridgehead atoms. The van der Waals surface area contributed by atoms with Gasteiger partial charge in [-0.3, -0.25) is 14.2 Å². The van der Waals surface area contributed by atoms with Crippen molar-refractivity contribution in [3.05, 3.63) is 62.4 Å². The summed E-state index contributed by atoms with van der Waals surface area (Å²) in [6.45, 7) is 1.47. The van der Waals surface area contributed by atoms with Crippen molar-refractivity contribution in [3.8, 4) is 0 Å². The molecule has 0 spiro atoms. The molecule has 3 rings (SSSR count). The number of carbonyl (C=O) groups is 1. The second-order valence-electron chi connectivity index (χ2n) is 6.77. The number of benzene rings is 1. The minimum Gasteiger partial charge on any atom is -0.339 e. The first kappa shape index (κ1) is 20.0. The van der Waals surface area contributed by atoms with Crippen LogP contribution in [0.5, 0.6) is 0 Å². The number of aromatic nitrogens is 2. The van der Waals surface area contributed by atoms with E-state index in [1.807, 2.05) is 0 Å². The molecule has 0 atom stereocenters. The Morgan fingerprint density at radius 3 is 2.29 bits per heavy atom. The van der Waals surface area contributed by atoms with Crippen molar-refractivity contribution in [2.45, 2.75) is 24.3 Å². The Morgan fingerprint density at radius 2 is 1.68 bits per heavy atom. The molecule has 1 aromatic heterocycles. The molecule has 10 heteroatoms. The van der Waals surface area contributed by atoms with Gasteiger partial charge in [0.05, 0.1) is 0 Å². The zero-order chi connectivity index (χ0) is 20.5. The highest BCUT2D eigenvalue weighted by Crippen LogP contribution is 2.14. The number of nitrogens with one attached hydrogen (secondary N) is 1. The number of sulfonamides is 1. The van der Waals surface area contributed by atoms with E-state index in [2.05, 4.69) is 4.72 Å². The van der Waals surface area contributed by atoms with Crippen LogP contribution in [0.25, 0.3) is 0 Å². The molecule has 0 saturated carbocycles. The Hall–Kier alpha value is -2.72.